The number of nitrogens with one attached hydrogen (secondary N) is 1. The maximum absolute atomic E-state index is 11.3. The van der Waals surface area contributed by atoms with E-state index in [9.17, 15) is 15.0 Å². The van der Waals surface area contributed by atoms with E-state index in [0.717, 1.165) is 6.33 Å². The molecule has 3 rings (SSSR count). The van der Waals surface area contributed by atoms with Crippen LogP contribution < -0.4 is 5.73 Å². The van der Waals surface area contributed by atoms with Crippen LogP contribution >= 0.6 is 0 Å². The van der Waals surface area contributed by atoms with Crippen molar-refractivity contribution in [2.45, 2.75) is 24.4 Å². The van der Waals surface area contributed by atoms with Crippen LogP contribution in [-0.2, 0) is 4.74 Å². The standard InChI is InChI=1S/C11H13N5O5/c12-11(20)7-5-4(13-2-14-7)6(16-15-5)10-9(19)8(18)3(1-17)21-10/h2-3,8-10,17-19H,1H2,(H2,12,20)(H,15,16)/t3-,8-,9-,10+/m1/s1. The van der Waals surface area contributed by atoms with Gasteiger partial charge in [0.25, 0.3) is 5.91 Å². The fraction of sp³-hybridized carbons (Fsp3) is 0.455. The molecule has 112 valence electrons. The van der Waals surface area contributed by atoms with Gasteiger partial charge in [0.05, 0.1) is 12.3 Å². The molecule has 21 heavy (non-hydrogen) atoms. The van der Waals surface area contributed by atoms with Crippen LogP contribution in [0.3, 0.4) is 0 Å². The summed E-state index contributed by atoms with van der Waals surface area (Å²) in [6.07, 6.45) is -3.24. The topological polar surface area (TPSA) is 167 Å². The van der Waals surface area contributed by atoms with Crippen LogP contribution in [0, 0.1) is 0 Å². The molecule has 1 fully saturated rings. The second-order valence-electron chi connectivity index (χ2n) is 4.68. The number of amides is 1. The van der Waals surface area contributed by atoms with Gasteiger partial charge in [0.2, 0.25) is 0 Å². The third-order valence-electron chi connectivity index (χ3n) is 3.43. The fourth-order valence-corrected chi connectivity index (χ4v) is 2.37. The van der Waals surface area contributed by atoms with Crippen molar-refractivity contribution in [3.05, 3.63) is 17.7 Å². The average molecular weight is 295 g/mol. The third kappa shape index (κ3) is 2.05. The number of rotatable bonds is 3. The molecular formula is C11H13N5O5. The molecule has 1 amide bonds. The number of aliphatic hydroxyl groups is 3. The maximum Gasteiger partial charge on any atom is 0.269 e. The Balaban J connectivity index is 2.06. The zero-order valence-electron chi connectivity index (χ0n) is 10.7. The number of ether oxygens (including phenoxy) is 1. The van der Waals surface area contributed by atoms with E-state index >= 15 is 0 Å². The molecule has 2 aromatic rings. The molecule has 10 nitrogen and oxygen atoms in total. The molecule has 0 bridgehead atoms. The van der Waals surface area contributed by atoms with Gasteiger partial charge in [0, 0.05) is 0 Å². The first-order valence-corrected chi connectivity index (χ1v) is 6.15. The summed E-state index contributed by atoms with van der Waals surface area (Å²) in [5.74, 6) is -0.762. The van der Waals surface area contributed by atoms with E-state index in [2.05, 4.69) is 20.2 Å². The Morgan fingerprint density at radius 3 is 2.71 bits per heavy atom. The first kappa shape index (κ1) is 13.8. The number of primary amides is 1. The molecule has 1 aliphatic rings. The van der Waals surface area contributed by atoms with Crippen LogP contribution in [0.15, 0.2) is 6.33 Å². The number of carbonyl (C=O) groups is 1. The lowest BCUT2D eigenvalue weighted by Gasteiger charge is -2.12. The second kappa shape index (κ2) is 5.00. The molecular weight excluding hydrogens is 282 g/mol. The van der Waals surface area contributed by atoms with Crippen molar-refractivity contribution in [2.75, 3.05) is 6.61 Å². The summed E-state index contributed by atoms with van der Waals surface area (Å²) < 4.78 is 5.39. The van der Waals surface area contributed by atoms with Crippen molar-refractivity contribution in [2.24, 2.45) is 5.73 Å². The Labute approximate surface area is 117 Å². The van der Waals surface area contributed by atoms with Crippen LogP contribution in [0.1, 0.15) is 22.3 Å². The molecule has 0 saturated carbocycles. The van der Waals surface area contributed by atoms with Crippen LogP contribution in [0.2, 0.25) is 0 Å². The van der Waals surface area contributed by atoms with Crippen molar-refractivity contribution >= 4 is 16.9 Å². The van der Waals surface area contributed by atoms with Gasteiger partial charge >= 0.3 is 0 Å². The number of nitrogens with two attached hydrogens (primary N) is 1. The predicted molar refractivity (Wildman–Crippen MR) is 66.9 cm³/mol. The van der Waals surface area contributed by atoms with Gasteiger partial charge in [-0.3, -0.25) is 9.89 Å². The number of aromatic nitrogens is 4. The number of hydrogen-bond acceptors (Lipinski definition) is 8. The molecule has 0 aromatic carbocycles. The number of fused-ring (bicyclic) bond motifs is 1. The highest BCUT2D eigenvalue weighted by Gasteiger charge is 2.44. The minimum Gasteiger partial charge on any atom is -0.394 e. The van der Waals surface area contributed by atoms with Gasteiger partial charge in [0.1, 0.15) is 41.8 Å². The summed E-state index contributed by atoms with van der Waals surface area (Å²) in [5.41, 5.74) is 5.82. The summed E-state index contributed by atoms with van der Waals surface area (Å²) in [6.45, 7) is -0.442. The zero-order chi connectivity index (χ0) is 15.1. The quantitative estimate of drug-likeness (QED) is 0.417. The molecule has 0 unspecified atom stereocenters. The van der Waals surface area contributed by atoms with E-state index in [-0.39, 0.29) is 22.4 Å². The van der Waals surface area contributed by atoms with E-state index in [1.165, 1.54) is 0 Å². The summed E-state index contributed by atoms with van der Waals surface area (Å²) in [4.78, 5) is 19.0. The van der Waals surface area contributed by atoms with Gasteiger partial charge in [-0.15, -0.1) is 0 Å². The minimum atomic E-state index is -1.27. The molecule has 2 aromatic heterocycles. The Morgan fingerprint density at radius 2 is 2.10 bits per heavy atom. The average Bonchev–Trinajstić information content (AvgIpc) is 3.01. The van der Waals surface area contributed by atoms with Crippen molar-refractivity contribution in [1.82, 2.24) is 20.2 Å². The van der Waals surface area contributed by atoms with Crippen molar-refractivity contribution < 1.29 is 24.9 Å². The number of H-pyrrole nitrogens is 1. The van der Waals surface area contributed by atoms with Crippen molar-refractivity contribution in [1.29, 1.82) is 0 Å². The number of aromatic amines is 1. The van der Waals surface area contributed by atoms with Gasteiger partial charge in [-0.2, -0.15) is 5.10 Å². The zero-order valence-corrected chi connectivity index (χ0v) is 10.7. The largest absolute Gasteiger partial charge is 0.394 e. The molecule has 0 spiro atoms. The SMILES string of the molecule is NC(=O)c1ncnc2c([C@@H]3O[C@H](CO)[C@@H](O)[C@H]3O)[nH]nc12. The van der Waals surface area contributed by atoms with Crippen LogP contribution in [-0.4, -0.2) is 66.3 Å². The van der Waals surface area contributed by atoms with E-state index in [0.29, 0.717) is 0 Å². The van der Waals surface area contributed by atoms with Gasteiger partial charge in [-0.05, 0) is 0 Å². The molecule has 4 atom stereocenters. The number of nitrogens with zero attached hydrogens (tertiary/aromatic N) is 3. The molecule has 1 saturated heterocycles. The Kier molecular flexibility index (Phi) is 3.29. The summed E-state index contributed by atoms with van der Waals surface area (Å²) in [7, 11) is 0. The molecule has 0 aliphatic carbocycles. The summed E-state index contributed by atoms with van der Waals surface area (Å²) in [6, 6.07) is 0. The minimum absolute atomic E-state index is 0.0609. The van der Waals surface area contributed by atoms with E-state index < -0.39 is 36.9 Å². The highest BCUT2D eigenvalue weighted by molar-refractivity contribution is 6.02. The van der Waals surface area contributed by atoms with Crippen LogP contribution in [0.5, 0.6) is 0 Å². The summed E-state index contributed by atoms with van der Waals surface area (Å²) >= 11 is 0. The fourth-order valence-electron chi connectivity index (χ4n) is 2.37. The number of hydrogen-bond donors (Lipinski definition) is 5. The van der Waals surface area contributed by atoms with Crippen molar-refractivity contribution in [3.63, 3.8) is 0 Å². The molecule has 0 radical (unpaired) electrons. The molecule has 1 aliphatic heterocycles. The number of carbonyl (C=O) groups excluding carboxylic acids is 1. The maximum atomic E-state index is 11.3. The molecule has 10 heteroatoms. The second-order valence-corrected chi connectivity index (χ2v) is 4.68. The lowest BCUT2D eigenvalue weighted by molar-refractivity contribution is -0.0236. The third-order valence-corrected chi connectivity index (χ3v) is 3.43. The van der Waals surface area contributed by atoms with E-state index in [4.69, 9.17) is 15.6 Å². The van der Waals surface area contributed by atoms with Gasteiger partial charge in [0.15, 0.2) is 5.69 Å². The smallest absolute Gasteiger partial charge is 0.269 e. The highest BCUT2D eigenvalue weighted by Crippen LogP contribution is 2.35. The monoisotopic (exact) mass is 295 g/mol. The normalized spacial score (nSPS) is 29.1. The van der Waals surface area contributed by atoms with Gasteiger partial charge in [-0.25, -0.2) is 9.97 Å². The van der Waals surface area contributed by atoms with Gasteiger partial charge in [-0.1, -0.05) is 0 Å². The first-order valence-electron chi connectivity index (χ1n) is 6.15. The Hall–Kier alpha value is -2.14. The Bertz CT molecular complexity index is 689. The number of aliphatic hydroxyl groups excluding tert-OH is 3. The van der Waals surface area contributed by atoms with Crippen LogP contribution in [0.25, 0.3) is 11.0 Å². The highest BCUT2D eigenvalue weighted by atomic mass is 16.6. The van der Waals surface area contributed by atoms with E-state index in [1.54, 1.807) is 0 Å². The lowest BCUT2D eigenvalue weighted by atomic mass is 10.1. The molecule has 3 heterocycles. The van der Waals surface area contributed by atoms with E-state index in [1.807, 2.05) is 0 Å². The van der Waals surface area contributed by atoms with Crippen LogP contribution in [0.4, 0.5) is 0 Å². The lowest BCUT2D eigenvalue weighted by Crippen LogP contribution is -2.32. The first-order chi connectivity index (χ1) is 10.0. The predicted octanol–water partition coefficient (Wildman–Crippen LogP) is -2.39. The van der Waals surface area contributed by atoms with Crippen molar-refractivity contribution in [3.8, 4) is 0 Å². The van der Waals surface area contributed by atoms with Gasteiger partial charge < -0.3 is 25.8 Å². The Morgan fingerprint density at radius 1 is 1.33 bits per heavy atom. The summed E-state index contributed by atoms with van der Waals surface area (Å²) in [5, 5.41) is 35.4. The molecule has 6 N–H and O–H groups in total.